The van der Waals surface area contributed by atoms with Crippen LogP contribution in [0.15, 0.2) is 48.8 Å². The number of thiazole rings is 1. The molecule has 0 radical (unpaired) electrons. The third kappa shape index (κ3) is 5.08. The number of carbonyl (C=O) groups is 1. The Labute approximate surface area is 208 Å². The molecule has 1 aliphatic rings. The van der Waals surface area contributed by atoms with E-state index in [1.54, 1.807) is 23.6 Å². The zero-order chi connectivity index (χ0) is 24.4. The molecule has 0 saturated carbocycles. The number of anilines is 3. The van der Waals surface area contributed by atoms with Crippen LogP contribution in [0.1, 0.15) is 24.2 Å². The monoisotopic (exact) mass is 488 g/mol. The van der Waals surface area contributed by atoms with E-state index in [4.69, 9.17) is 0 Å². The second-order valence-corrected chi connectivity index (χ2v) is 9.79. The summed E-state index contributed by atoms with van der Waals surface area (Å²) in [6.07, 6.45) is 3.53. The lowest BCUT2D eigenvalue weighted by Gasteiger charge is -2.37. The summed E-state index contributed by atoms with van der Waals surface area (Å²) in [6.45, 7) is 8.20. The standard InChI is InChI=1S/C25H28N8OS/c1-16(2)32-8-10-33(11-9-32)23-14-18(6-7-27-23)24(34)29-22-13-19-12-17(4-5-20(19)30-31-22)21-15-28-25(26-3)35-21/h4-7,12-16H,8-11H2,1-3H3,(H,26,28)(H,29,31,34). The number of pyridine rings is 1. The molecule has 0 spiro atoms. The van der Waals surface area contributed by atoms with Crippen LogP contribution in [0.3, 0.4) is 0 Å². The van der Waals surface area contributed by atoms with Crippen molar-refractivity contribution in [3.05, 3.63) is 54.4 Å². The highest BCUT2D eigenvalue weighted by molar-refractivity contribution is 7.18. The number of piperazine rings is 1. The van der Waals surface area contributed by atoms with Crippen LogP contribution >= 0.6 is 11.3 Å². The Hall–Kier alpha value is -3.63. The molecule has 10 heteroatoms. The van der Waals surface area contributed by atoms with E-state index in [2.05, 4.69) is 54.4 Å². The third-order valence-electron chi connectivity index (χ3n) is 6.21. The Bertz CT molecular complexity index is 1350. The van der Waals surface area contributed by atoms with Gasteiger partial charge in [-0.15, -0.1) is 10.2 Å². The largest absolute Gasteiger partial charge is 0.365 e. The van der Waals surface area contributed by atoms with Gasteiger partial charge < -0.3 is 15.5 Å². The summed E-state index contributed by atoms with van der Waals surface area (Å²) in [5, 5.41) is 16.2. The molecule has 9 nitrogen and oxygen atoms in total. The van der Waals surface area contributed by atoms with Crippen LogP contribution in [0.5, 0.6) is 0 Å². The van der Waals surface area contributed by atoms with Gasteiger partial charge in [0.1, 0.15) is 5.82 Å². The molecular formula is C25H28N8OS. The number of hydrogen-bond donors (Lipinski definition) is 2. The number of fused-ring (bicyclic) bond motifs is 1. The van der Waals surface area contributed by atoms with Crippen molar-refractivity contribution < 1.29 is 4.79 Å². The van der Waals surface area contributed by atoms with E-state index in [1.165, 1.54) is 0 Å². The van der Waals surface area contributed by atoms with E-state index in [0.717, 1.165) is 58.5 Å². The Morgan fingerprint density at radius 1 is 1.03 bits per heavy atom. The van der Waals surface area contributed by atoms with Gasteiger partial charge in [-0.2, -0.15) is 0 Å². The number of nitrogens with zero attached hydrogens (tertiary/aromatic N) is 6. The Morgan fingerprint density at radius 2 is 1.86 bits per heavy atom. The van der Waals surface area contributed by atoms with Crippen molar-refractivity contribution in [1.29, 1.82) is 0 Å². The van der Waals surface area contributed by atoms with Crippen LogP contribution in [-0.4, -0.2) is 70.2 Å². The summed E-state index contributed by atoms with van der Waals surface area (Å²) < 4.78 is 0. The van der Waals surface area contributed by atoms with Crippen LogP contribution in [0.4, 0.5) is 16.8 Å². The van der Waals surface area contributed by atoms with Gasteiger partial charge >= 0.3 is 0 Å². The molecule has 4 heterocycles. The van der Waals surface area contributed by atoms with Crippen molar-refractivity contribution in [1.82, 2.24) is 25.1 Å². The van der Waals surface area contributed by atoms with Gasteiger partial charge in [-0.1, -0.05) is 17.4 Å². The average molecular weight is 489 g/mol. The number of carbonyl (C=O) groups excluding carboxylic acids is 1. The second kappa shape index (κ2) is 9.93. The Kier molecular flexibility index (Phi) is 6.56. The fourth-order valence-corrected chi connectivity index (χ4v) is 4.94. The summed E-state index contributed by atoms with van der Waals surface area (Å²) in [5.74, 6) is 0.991. The fourth-order valence-electron chi connectivity index (χ4n) is 4.17. The minimum Gasteiger partial charge on any atom is -0.365 e. The molecule has 1 aromatic carbocycles. The quantitative estimate of drug-likeness (QED) is 0.421. The molecule has 1 saturated heterocycles. The van der Waals surface area contributed by atoms with E-state index in [0.29, 0.717) is 17.4 Å². The first kappa shape index (κ1) is 23.1. The van der Waals surface area contributed by atoms with Crippen molar-refractivity contribution in [2.24, 2.45) is 0 Å². The summed E-state index contributed by atoms with van der Waals surface area (Å²) in [4.78, 5) is 27.6. The van der Waals surface area contributed by atoms with Crippen molar-refractivity contribution in [2.75, 3.05) is 48.8 Å². The lowest BCUT2D eigenvalue weighted by Crippen LogP contribution is -2.49. The smallest absolute Gasteiger partial charge is 0.257 e. The predicted octanol–water partition coefficient (Wildman–Crippen LogP) is 3.97. The third-order valence-corrected chi connectivity index (χ3v) is 7.27. The number of hydrogen-bond acceptors (Lipinski definition) is 9. The molecule has 1 fully saturated rings. The van der Waals surface area contributed by atoms with Gasteiger partial charge in [-0.05, 0) is 49.7 Å². The summed E-state index contributed by atoms with van der Waals surface area (Å²) >= 11 is 1.58. The molecule has 180 valence electrons. The first-order valence-electron chi connectivity index (χ1n) is 11.7. The highest BCUT2D eigenvalue weighted by Gasteiger charge is 2.20. The van der Waals surface area contributed by atoms with Gasteiger partial charge in [-0.3, -0.25) is 9.69 Å². The van der Waals surface area contributed by atoms with Crippen LogP contribution in [0, 0.1) is 0 Å². The molecule has 3 aromatic heterocycles. The maximum absolute atomic E-state index is 13.0. The molecule has 1 amide bonds. The van der Waals surface area contributed by atoms with E-state index in [9.17, 15) is 4.79 Å². The maximum Gasteiger partial charge on any atom is 0.257 e. The van der Waals surface area contributed by atoms with Crippen LogP contribution in [0.25, 0.3) is 21.3 Å². The van der Waals surface area contributed by atoms with E-state index < -0.39 is 0 Å². The molecule has 1 aliphatic heterocycles. The summed E-state index contributed by atoms with van der Waals surface area (Å²) in [7, 11) is 1.85. The van der Waals surface area contributed by atoms with Gasteiger partial charge in [-0.25, -0.2) is 9.97 Å². The lowest BCUT2D eigenvalue weighted by atomic mass is 10.1. The minimum atomic E-state index is -0.236. The van der Waals surface area contributed by atoms with Crippen LogP contribution < -0.4 is 15.5 Å². The molecule has 5 rings (SSSR count). The number of nitrogens with one attached hydrogen (secondary N) is 2. The van der Waals surface area contributed by atoms with Crippen LogP contribution in [0.2, 0.25) is 0 Å². The second-order valence-electron chi connectivity index (χ2n) is 8.76. The van der Waals surface area contributed by atoms with Crippen molar-refractivity contribution >= 4 is 44.9 Å². The molecule has 4 aromatic rings. The Balaban J connectivity index is 1.31. The number of amides is 1. The van der Waals surface area contributed by atoms with E-state index in [-0.39, 0.29) is 5.91 Å². The lowest BCUT2D eigenvalue weighted by molar-refractivity contribution is 0.102. The maximum atomic E-state index is 13.0. The molecule has 0 aliphatic carbocycles. The first-order valence-corrected chi connectivity index (χ1v) is 12.5. The summed E-state index contributed by atoms with van der Waals surface area (Å²) in [6, 6.07) is 11.9. The van der Waals surface area contributed by atoms with Crippen molar-refractivity contribution in [2.45, 2.75) is 19.9 Å². The van der Waals surface area contributed by atoms with Gasteiger partial charge in [0, 0.05) is 62.6 Å². The minimum absolute atomic E-state index is 0.236. The molecular weight excluding hydrogens is 460 g/mol. The zero-order valence-electron chi connectivity index (χ0n) is 20.0. The van der Waals surface area contributed by atoms with Crippen molar-refractivity contribution in [3.8, 4) is 10.4 Å². The van der Waals surface area contributed by atoms with E-state index >= 15 is 0 Å². The topological polar surface area (TPSA) is 99.2 Å². The molecule has 0 unspecified atom stereocenters. The van der Waals surface area contributed by atoms with Gasteiger partial charge in [0.15, 0.2) is 10.9 Å². The predicted molar refractivity (Wildman–Crippen MR) is 141 cm³/mol. The fraction of sp³-hybridized carbons (Fsp3) is 0.320. The number of benzene rings is 1. The first-order chi connectivity index (χ1) is 17.0. The summed E-state index contributed by atoms with van der Waals surface area (Å²) in [5.41, 5.74) is 2.34. The zero-order valence-corrected chi connectivity index (χ0v) is 20.8. The highest BCUT2D eigenvalue weighted by Crippen LogP contribution is 2.31. The van der Waals surface area contributed by atoms with E-state index in [1.807, 2.05) is 43.6 Å². The Morgan fingerprint density at radius 3 is 2.60 bits per heavy atom. The number of rotatable bonds is 6. The van der Waals surface area contributed by atoms with Gasteiger partial charge in [0.25, 0.3) is 5.91 Å². The molecule has 0 bridgehead atoms. The highest BCUT2D eigenvalue weighted by atomic mass is 32.1. The van der Waals surface area contributed by atoms with Gasteiger partial charge in [0.2, 0.25) is 0 Å². The SMILES string of the molecule is CNc1ncc(-c2ccc3nnc(NC(=O)c4ccnc(N5CCN(C(C)C)CC5)c4)cc3c2)s1. The molecule has 35 heavy (non-hydrogen) atoms. The van der Waals surface area contributed by atoms with Crippen molar-refractivity contribution in [3.63, 3.8) is 0 Å². The van der Waals surface area contributed by atoms with Gasteiger partial charge in [0.05, 0.1) is 10.4 Å². The normalized spacial score (nSPS) is 14.5. The number of aromatic nitrogens is 4. The average Bonchev–Trinajstić information content (AvgIpc) is 3.38. The van der Waals surface area contributed by atoms with Crippen LogP contribution in [-0.2, 0) is 0 Å². The molecule has 0 atom stereocenters. The molecule has 2 N–H and O–H groups in total.